The van der Waals surface area contributed by atoms with Crippen LogP contribution in [0.2, 0.25) is 0 Å². The molecular formula is C36H43N5O5. The Labute approximate surface area is 270 Å². The predicted molar refractivity (Wildman–Crippen MR) is 173 cm³/mol. The molecule has 0 spiro atoms. The fraction of sp³-hybridized carbons (Fsp3) is 0.472. The Balaban J connectivity index is 1.22. The van der Waals surface area contributed by atoms with Crippen LogP contribution >= 0.6 is 0 Å². The number of hydrogen-bond donors (Lipinski definition) is 0. The van der Waals surface area contributed by atoms with Crippen molar-refractivity contribution in [3.63, 3.8) is 0 Å². The van der Waals surface area contributed by atoms with Crippen molar-refractivity contribution in [2.45, 2.75) is 90.9 Å². The van der Waals surface area contributed by atoms with E-state index in [0.717, 1.165) is 40.4 Å². The SMILES string of the molecule is COC(=O)c1cnn(-c2cccc(-c3cccc(OC(C)C4CCCCC4)c3)c2)c1[C@@H]1C[C@H]1c1cn(COC(=O)C(C)(C)C)nn1. The van der Waals surface area contributed by atoms with Gasteiger partial charge in [0.05, 0.1) is 48.1 Å². The highest BCUT2D eigenvalue weighted by Gasteiger charge is 2.46. The van der Waals surface area contributed by atoms with E-state index in [9.17, 15) is 9.59 Å². The molecule has 2 aromatic heterocycles. The van der Waals surface area contributed by atoms with Crippen LogP contribution in [0.5, 0.6) is 5.75 Å². The van der Waals surface area contributed by atoms with Gasteiger partial charge < -0.3 is 14.2 Å². The van der Waals surface area contributed by atoms with E-state index in [2.05, 4.69) is 46.6 Å². The summed E-state index contributed by atoms with van der Waals surface area (Å²) in [4.78, 5) is 25.0. The van der Waals surface area contributed by atoms with Gasteiger partial charge in [-0.05, 0) is 88.3 Å². The van der Waals surface area contributed by atoms with Gasteiger partial charge in [-0.25, -0.2) is 14.2 Å². The van der Waals surface area contributed by atoms with E-state index in [1.807, 2.05) is 28.9 Å². The van der Waals surface area contributed by atoms with Crippen LogP contribution in [0, 0.1) is 11.3 Å². The summed E-state index contributed by atoms with van der Waals surface area (Å²) in [7, 11) is 1.38. The van der Waals surface area contributed by atoms with Crippen molar-refractivity contribution in [3.8, 4) is 22.6 Å². The highest BCUT2D eigenvalue weighted by atomic mass is 16.5. The van der Waals surface area contributed by atoms with Crippen molar-refractivity contribution in [1.82, 2.24) is 24.8 Å². The van der Waals surface area contributed by atoms with E-state index in [-0.39, 0.29) is 30.6 Å². The Kier molecular flexibility index (Phi) is 8.97. The first-order valence-electron chi connectivity index (χ1n) is 16.2. The molecule has 1 unspecified atom stereocenters. The lowest BCUT2D eigenvalue weighted by molar-refractivity contribution is -0.157. The first-order valence-corrected chi connectivity index (χ1v) is 16.2. The van der Waals surface area contributed by atoms with Gasteiger partial charge in [0.2, 0.25) is 0 Å². The molecule has 2 aliphatic rings. The van der Waals surface area contributed by atoms with Gasteiger partial charge in [0.1, 0.15) is 11.3 Å². The summed E-state index contributed by atoms with van der Waals surface area (Å²) in [5, 5.41) is 13.2. The third-order valence-corrected chi connectivity index (χ3v) is 9.12. The minimum Gasteiger partial charge on any atom is -0.490 e. The summed E-state index contributed by atoms with van der Waals surface area (Å²) in [5.41, 5.74) is 4.29. The van der Waals surface area contributed by atoms with Gasteiger partial charge in [-0.3, -0.25) is 4.79 Å². The highest BCUT2D eigenvalue weighted by molar-refractivity contribution is 5.91. The van der Waals surface area contributed by atoms with Crippen molar-refractivity contribution >= 4 is 11.9 Å². The summed E-state index contributed by atoms with van der Waals surface area (Å²) in [6.07, 6.45) is 10.7. The molecule has 2 aromatic carbocycles. The van der Waals surface area contributed by atoms with E-state index in [0.29, 0.717) is 11.5 Å². The molecule has 6 rings (SSSR count). The van der Waals surface area contributed by atoms with E-state index in [4.69, 9.17) is 14.2 Å². The molecule has 0 bridgehead atoms. The Morgan fingerprint density at radius 3 is 2.48 bits per heavy atom. The zero-order chi connectivity index (χ0) is 32.4. The number of benzene rings is 2. The Morgan fingerprint density at radius 2 is 1.74 bits per heavy atom. The molecule has 0 radical (unpaired) electrons. The number of rotatable bonds is 10. The minimum atomic E-state index is -0.603. The molecule has 2 fully saturated rings. The Morgan fingerprint density at radius 1 is 1.00 bits per heavy atom. The molecular weight excluding hydrogens is 582 g/mol. The van der Waals surface area contributed by atoms with Crippen molar-refractivity contribution in [2.75, 3.05) is 7.11 Å². The molecule has 0 amide bonds. The average molecular weight is 626 g/mol. The third-order valence-electron chi connectivity index (χ3n) is 9.12. The van der Waals surface area contributed by atoms with Crippen LogP contribution in [0.3, 0.4) is 0 Å². The van der Waals surface area contributed by atoms with Gasteiger partial charge in [-0.1, -0.05) is 48.7 Å². The third kappa shape index (κ3) is 6.85. The molecule has 4 aromatic rings. The standard InChI is InChI=1S/C36H43N5O5/c1-23(24-11-7-6-8-12-24)46-28-16-10-14-26(18-28)25-13-9-15-27(17-25)41-33(31(20-37-41)34(42)44-5)30-19-29(30)32-21-40(39-38-32)22-45-35(43)36(2,3)4/h9-10,13-18,20-21,23-24,29-30H,6-8,11-12,19,22H2,1-5H3/t23?,29-,30-/m1/s1. The molecule has 0 saturated heterocycles. The molecule has 2 heterocycles. The summed E-state index contributed by atoms with van der Waals surface area (Å²) < 4.78 is 20.3. The Bertz CT molecular complexity index is 1700. The van der Waals surface area contributed by atoms with Crippen molar-refractivity contribution in [2.24, 2.45) is 11.3 Å². The second-order valence-electron chi connectivity index (χ2n) is 13.6. The van der Waals surface area contributed by atoms with Gasteiger partial charge in [0.15, 0.2) is 6.73 Å². The van der Waals surface area contributed by atoms with Gasteiger partial charge >= 0.3 is 11.9 Å². The second kappa shape index (κ2) is 13.1. The summed E-state index contributed by atoms with van der Waals surface area (Å²) in [6, 6.07) is 16.4. The number of nitrogens with zero attached hydrogens (tertiary/aromatic N) is 5. The summed E-state index contributed by atoms with van der Waals surface area (Å²) >= 11 is 0. The molecule has 0 aliphatic heterocycles. The van der Waals surface area contributed by atoms with Gasteiger partial charge in [0, 0.05) is 11.8 Å². The van der Waals surface area contributed by atoms with Crippen molar-refractivity contribution < 1.29 is 23.8 Å². The van der Waals surface area contributed by atoms with Crippen molar-refractivity contribution in [3.05, 3.63) is 77.9 Å². The van der Waals surface area contributed by atoms with E-state index >= 15 is 0 Å². The molecule has 242 valence electrons. The van der Waals surface area contributed by atoms with Gasteiger partial charge in [-0.15, -0.1) is 5.10 Å². The summed E-state index contributed by atoms with van der Waals surface area (Å²) in [6.45, 7) is 7.59. The molecule has 10 nitrogen and oxygen atoms in total. The van der Waals surface area contributed by atoms with E-state index < -0.39 is 11.4 Å². The number of aromatic nitrogens is 5. The zero-order valence-corrected chi connectivity index (χ0v) is 27.3. The molecule has 10 heteroatoms. The predicted octanol–water partition coefficient (Wildman–Crippen LogP) is 7.08. The van der Waals surface area contributed by atoms with Gasteiger partial charge in [0.25, 0.3) is 0 Å². The van der Waals surface area contributed by atoms with E-state index in [1.54, 1.807) is 33.2 Å². The maximum atomic E-state index is 12.8. The van der Waals surface area contributed by atoms with Crippen LogP contribution in [0.1, 0.15) is 99.8 Å². The quantitative estimate of drug-likeness (QED) is 0.172. The molecule has 46 heavy (non-hydrogen) atoms. The topological polar surface area (TPSA) is 110 Å². The molecule has 2 saturated carbocycles. The summed E-state index contributed by atoms with van der Waals surface area (Å²) in [5.74, 6) is 0.754. The smallest absolute Gasteiger partial charge is 0.341 e. The van der Waals surface area contributed by atoms with Crippen LogP contribution in [0.25, 0.3) is 16.8 Å². The first-order chi connectivity index (χ1) is 22.1. The lowest BCUT2D eigenvalue weighted by Gasteiger charge is -2.28. The van der Waals surface area contributed by atoms with Gasteiger partial charge in [-0.2, -0.15) is 5.10 Å². The molecule has 3 atom stereocenters. The molecule has 0 N–H and O–H groups in total. The Hall–Kier alpha value is -4.47. The first kappa shape index (κ1) is 31.5. The normalized spacial score (nSPS) is 19.0. The fourth-order valence-electron chi connectivity index (χ4n) is 6.38. The number of methoxy groups -OCH3 is 1. The maximum Gasteiger partial charge on any atom is 0.341 e. The maximum absolute atomic E-state index is 12.8. The van der Waals surface area contributed by atoms with Crippen LogP contribution in [-0.4, -0.2) is 49.9 Å². The van der Waals surface area contributed by atoms with Crippen molar-refractivity contribution in [1.29, 1.82) is 0 Å². The average Bonchev–Trinajstić information content (AvgIpc) is 3.48. The number of ether oxygens (including phenoxy) is 3. The highest BCUT2D eigenvalue weighted by Crippen LogP contribution is 2.55. The second-order valence-corrected chi connectivity index (χ2v) is 13.6. The van der Waals surface area contributed by atoms with Crippen LogP contribution in [0.4, 0.5) is 0 Å². The van der Waals surface area contributed by atoms with Crippen LogP contribution in [0.15, 0.2) is 60.9 Å². The monoisotopic (exact) mass is 625 g/mol. The van der Waals surface area contributed by atoms with Crippen LogP contribution in [-0.2, 0) is 21.0 Å². The number of hydrogen-bond acceptors (Lipinski definition) is 8. The van der Waals surface area contributed by atoms with E-state index in [1.165, 1.54) is 43.9 Å². The van der Waals surface area contributed by atoms with Crippen LogP contribution < -0.4 is 4.74 Å². The number of esters is 2. The number of carbonyl (C=O) groups is 2. The lowest BCUT2D eigenvalue weighted by atomic mass is 9.86. The zero-order valence-electron chi connectivity index (χ0n) is 27.3. The minimum absolute atomic E-state index is 0.00956. The largest absolute Gasteiger partial charge is 0.490 e. The molecule has 2 aliphatic carbocycles. The fourth-order valence-corrected chi connectivity index (χ4v) is 6.38. The lowest BCUT2D eigenvalue weighted by Crippen LogP contribution is -2.25. The number of carbonyl (C=O) groups excluding carboxylic acids is 2.